The molecule has 196 valence electrons. The van der Waals surface area contributed by atoms with Gasteiger partial charge in [-0.05, 0) is 91.7 Å². The highest BCUT2D eigenvalue weighted by molar-refractivity contribution is 5.87. The number of aromatic hydroxyl groups is 1. The van der Waals surface area contributed by atoms with Crippen LogP contribution in [0.3, 0.4) is 0 Å². The second kappa shape index (κ2) is 8.83. The number of phenols is 1. The number of phenolic OH excluding ortho intramolecular Hbond substituents is 1. The normalized spacial score (nSPS) is 33.6. The van der Waals surface area contributed by atoms with E-state index in [1.165, 1.54) is 6.42 Å². The zero-order chi connectivity index (χ0) is 26.8. The summed E-state index contributed by atoms with van der Waals surface area (Å²) in [6.45, 7) is 0. The molecule has 7 nitrogen and oxygen atoms in total. The Kier molecular flexibility index (Phi) is 5.47. The SMILES string of the molecule is COC1(c2cc(O)ccc2/C=C/C2=CC(=C(C#N)C#N)c3ccccc3O2)OOC12C1CC3CC(C1)CC2C3. The first-order valence-corrected chi connectivity index (χ1v) is 13.5. The molecule has 1 unspecified atom stereocenters. The predicted molar refractivity (Wildman–Crippen MR) is 141 cm³/mol. The van der Waals surface area contributed by atoms with Gasteiger partial charge in [-0.2, -0.15) is 15.4 Å². The fourth-order valence-corrected chi connectivity index (χ4v) is 8.07. The van der Waals surface area contributed by atoms with E-state index in [0.29, 0.717) is 40.0 Å². The van der Waals surface area contributed by atoms with Gasteiger partial charge in [0.1, 0.15) is 35.0 Å². The first-order valence-electron chi connectivity index (χ1n) is 13.5. The third-order valence-electron chi connectivity index (χ3n) is 9.45. The van der Waals surface area contributed by atoms with Gasteiger partial charge in [0.25, 0.3) is 5.79 Å². The summed E-state index contributed by atoms with van der Waals surface area (Å²) in [4.78, 5) is 12.1. The number of allylic oxidation sites excluding steroid dienone is 4. The predicted octanol–water partition coefficient (Wildman–Crippen LogP) is 6.14. The Balaban J connectivity index is 1.29. The maximum atomic E-state index is 10.6. The summed E-state index contributed by atoms with van der Waals surface area (Å²) in [6, 6.07) is 16.5. The fourth-order valence-electron chi connectivity index (χ4n) is 8.07. The number of methoxy groups -OCH3 is 1. The number of nitriles is 2. The molecule has 1 atom stereocenters. The van der Waals surface area contributed by atoms with Gasteiger partial charge in [-0.1, -0.05) is 30.3 Å². The van der Waals surface area contributed by atoms with Crippen molar-refractivity contribution >= 4 is 11.6 Å². The lowest BCUT2D eigenvalue weighted by atomic mass is 9.47. The minimum atomic E-state index is -1.14. The number of hydrogen-bond donors (Lipinski definition) is 1. The molecule has 0 aromatic heterocycles. The number of ether oxygens (including phenoxy) is 2. The lowest BCUT2D eigenvalue weighted by Crippen LogP contribution is -2.76. The molecule has 0 radical (unpaired) electrons. The van der Waals surface area contributed by atoms with Crippen LogP contribution in [0.5, 0.6) is 11.5 Å². The van der Waals surface area contributed by atoms with Crippen molar-refractivity contribution < 1.29 is 24.4 Å². The second-order valence-electron chi connectivity index (χ2n) is 11.3. The summed E-state index contributed by atoms with van der Waals surface area (Å²) < 4.78 is 12.3. The molecule has 6 aliphatic rings. The Labute approximate surface area is 227 Å². The molecule has 2 aromatic rings. The molecule has 1 saturated heterocycles. The summed E-state index contributed by atoms with van der Waals surface area (Å²) in [5.41, 5.74) is 2.15. The van der Waals surface area contributed by atoms with E-state index < -0.39 is 11.4 Å². The minimum absolute atomic E-state index is 0.0177. The molecular formula is C32H28N2O5. The summed E-state index contributed by atoms with van der Waals surface area (Å²) in [5.74, 6) is 2.19. The summed E-state index contributed by atoms with van der Waals surface area (Å²) >= 11 is 0. The van der Waals surface area contributed by atoms with Crippen molar-refractivity contribution in [2.45, 2.75) is 43.5 Å². The Morgan fingerprint density at radius 3 is 2.33 bits per heavy atom. The van der Waals surface area contributed by atoms with Gasteiger partial charge in [0.2, 0.25) is 0 Å². The van der Waals surface area contributed by atoms with E-state index in [0.717, 1.165) is 43.1 Å². The van der Waals surface area contributed by atoms with Crippen LogP contribution >= 0.6 is 0 Å². The van der Waals surface area contributed by atoms with Crippen molar-refractivity contribution in [3.8, 4) is 23.6 Å². The Morgan fingerprint density at radius 1 is 0.974 bits per heavy atom. The number of para-hydroxylation sites is 1. The maximum Gasteiger partial charge on any atom is 0.261 e. The maximum absolute atomic E-state index is 10.6. The van der Waals surface area contributed by atoms with Gasteiger partial charge in [-0.3, -0.25) is 0 Å². The summed E-state index contributed by atoms with van der Waals surface area (Å²) in [7, 11) is 1.65. The largest absolute Gasteiger partial charge is 0.508 e. The molecule has 8 rings (SSSR count). The second-order valence-corrected chi connectivity index (χ2v) is 11.3. The van der Waals surface area contributed by atoms with Crippen LogP contribution in [0.15, 0.2) is 65.9 Å². The highest BCUT2D eigenvalue weighted by atomic mass is 17.3. The molecule has 39 heavy (non-hydrogen) atoms. The van der Waals surface area contributed by atoms with Crippen LogP contribution in [-0.2, 0) is 20.3 Å². The van der Waals surface area contributed by atoms with Crippen molar-refractivity contribution in [1.29, 1.82) is 10.5 Å². The molecule has 4 saturated carbocycles. The zero-order valence-corrected chi connectivity index (χ0v) is 21.6. The Hall–Kier alpha value is -3.88. The lowest BCUT2D eigenvalue weighted by molar-refractivity contribution is -0.645. The van der Waals surface area contributed by atoms with Crippen molar-refractivity contribution in [3.05, 3.63) is 82.6 Å². The van der Waals surface area contributed by atoms with Crippen LogP contribution in [0.1, 0.15) is 48.8 Å². The fraction of sp³-hybridized carbons (Fsp3) is 0.375. The Bertz CT molecular complexity index is 1490. The third-order valence-corrected chi connectivity index (χ3v) is 9.45. The third kappa shape index (κ3) is 3.38. The smallest absolute Gasteiger partial charge is 0.261 e. The standard InChI is InChI=1S/C32H28N2O5/c1-36-32(31(38-39-32)23-11-19-10-20(13-23)14-24(31)12-19)29-15-25(35)8-6-21(29)7-9-26-16-28(22(17-33)18-34)27-4-2-3-5-30(27)37-26/h2-9,15-16,19-20,23-24,35H,10-14H2,1H3/b9-7+. The van der Waals surface area contributed by atoms with Gasteiger partial charge in [-0.25, -0.2) is 4.89 Å². The van der Waals surface area contributed by atoms with E-state index in [2.05, 4.69) is 0 Å². The molecule has 2 aromatic carbocycles. The molecule has 4 bridgehead atoms. The molecule has 1 spiro atoms. The highest BCUT2D eigenvalue weighted by Crippen LogP contribution is 2.69. The van der Waals surface area contributed by atoms with E-state index in [1.54, 1.807) is 31.4 Å². The van der Waals surface area contributed by atoms with Gasteiger partial charge in [0.05, 0.1) is 0 Å². The summed E-state index contributed by atoms with van der Waals surface area (Å²) in [5, 5.41) is 29.6. The van der Waals surface area contributed by atoms with E-state index in [4.69, 9.17) is 19.2 Å². The van der Waals surface area contributed by atoms with Crippen LogP contribution in [-0.4, -0.2) is 17.8 Å². The van der Waals surface area contributed by atoms with E-state index >= 15 is 0 Å². The molecule has 2 aliphatic heterocycles. The van der Waals surface area contributed by atoms with Crippen molar-refractivity contribution in [2.24, 2.45) is 23.7 Å². The van der Waals surface area contributed by atoms with Crippen LogP contribution in [0.2, 0.25) is 0 Å². The minimum Gasteiger partial charge on any atom is -0.508 e. The van der Waals surface area contributed by atoms with Crippen LogP contribution < -0.4 is 4.74 Å². The van der Waals surface area contributed by atoms with Crippen LogP contribution in [0.25, 0.3) is 11.6 Å². The molecule has 4 aliphatic carbocycles. The number of nitrogens with zero attached hydrogens (tertiary/aromatic N) is 2. The molecule has 5 fully saturated rings. The lowest BCUT2D eigenvalue weighted by Gasteiger charge is -2.68. The first kappa shape index (κ1) is 24.2. The van der Waals surface area contributed by atoms with Gasteiger partial charge < -0.3 is 14.6 Å². The number of benzene rings is 2. The van der Waals surface area contributed by atoms with Crippen LogP contribution in [0, 0.1) is 46.3 Å². The van der Waals surface area contributed by atoms with E-state index in [9.17, 15) is 15.6 Å². The van der Waals surface area contributed by atoms with E-state index in [1.807, 2.05) is 48.5 Å². The van der Waals surface area contributed by atoms with E-state index in [-0.39, 0.29) is 11.3 Å². The quantitative estimate of drug-likeness (QED) is 0.381. The first-order chi connectivity index (χ1) is 19.0. The molecule has 0 amide bonds. The molecule has 2 heterocycles. The van der Waals surface area contributed by atoms with Crippen molar-refractivity contribution in [1.82, 2.24) is 0 Å². The number of hydrogen-bond acceptors (Lipinski definition) is 7. The van der Waals surface area contributed by atoms with Crippen molar-refractivity contribution in [2.75, 3.05) is 7.11 Å². The highest BCUT2D eigenvalue weighted by Gasteiger charge is 2.76. The average Bonchev–Trinajstić information content (AvgIpc) is 2.93. The zero-order valence-electron chi connectivity index (χ0n) is 21.6. The molecular weight excluding hydrogens is 492 g/mol. The van der Waals surface area contributed by atoms with Gasteiger partial charge in [-0.15, -0.1) is 0 Å². The van der Waals surface area contributed by atoms with Crippen molar-refractivity contribution in [3.63, 3.8) is 0 Å². The number of rotatable bonds is 4. The molecule has 7 heteroatoms. The summed E-state index contributed by atoms with van der Waals surface area (Å²) in [6.07, 6.45) is 11.2. The Morgan fingerprint density at radius 2 is 1.69 bits per heavy atom. The van der Waals surface area contributed by atoms with Gasteiger partial charge >= 0.3 is 0 Å². The average molecular weight is 521 g/mol. The number of fused-ring (bicyclic) bond motifs is 1. The topological polar surface area (TPSA) is 105 Å². The monoisotopic (exact) mass is 520 g/mol. The van der Waals surface area contributed by atoms with Gasteiger partial charge in [0.15, 0.2) is 5.60 Å². The van der Waals surface area contributed by atoms with Crippen LogP contribution in [0.4, 0.5) is 0 Å². The molecule has 1 N–H and O–H groups in total. The van der Waals surface area contributed by atoms with Gasteiger partial charge in [0, 0.05) is 23.8 Å².